The minimum absolute atomic E-state index is 0. The molecule has 0 saturated carbocycles. The highest BCUT2D eigenvalue weighted by Crippen LogP contribution is 2.25. The Bertz CT molecular complexity index is 235. The van der Waals surface area contributed by atoms with Crippen molar-refractivity contribution >= 4 is 18.3 Å². The topological polar surface area (TPSA) is 64.3 Å². The maximum atomic E-state index is 11.4. The molecule has 3 N–H and O–H groups in total. The summed E-state index contributed by atoms with van der Waals surface area (Å²) in [5, 5.41) is 2.89. The Morgan fingerprint density at radius 1 is 1.47 bits per heavy atom. The third-order valence-corrected chi connectivity index (χ3v) is 3.10. The van der Waals surface area contributed by atoms with Gasteiger partial charge in [0.15, 0.2) is 0 Å². The van der Waals surface area contributed by atoms with Crippen LogP contribution >= 0.6 is 12.4 Å². The van der Waals surface area contributed by atoms with Crippen LogP contribution in [0.5, 0.6) is 0 Å². The summed E-state index contributed by atoms with van der Waals surface area (Å²) in [6, 6.07) is -0.429. The largest absolute Gasteiger partial charge is 0.378 e. The van der Waals surface area contributed by atoms with Crippen molar-refractivity contribution in [2.24, 2.45) is 17.6 Å². The van der Waals surface area contributed by atoms with Crippen LogP contribution in [0.4, 0.5) is 0 Å². The quantitative estimate of drug-likeness (QED) is 0.805. The van der Waals surface area contributed by atoms with Crippen molar-refractivity contribution in [3.8, 4) is 0 Å². The summed E-state index contributed by atoms with van der Waals surface area (Å²) in [6.07, 6.45) is 2.48. The van der Waals surface area contributed by atoms with Crippen molar-refractivity contribution in [2.75, 3.05) is 13.2 Å². The van der Waals surface area contributed by atoms with Gasteiger partial charge in [0.2, 0.25) is 5.91 Å². The van der Waals surface area contributed by atoms with Gasteiger partial charge in [0.1, 0.15) is 0 Å². The van der Waals surface area contributed by atoms with E-state index in [2.05, 4.69) is 19.2 Å². The summed E-state index contributed by atoms with van der Waals surface area (Å²) >= 11 is 0. The number of carbonyl (C=O) groups is 1. The van der Waals surface area contributed by atoms with Crippen LogP contribution < -0.4 is 11.1 Å². The van der Waals surface area contributed by atoms with E-state index in [1.807, 2.05) is 0 Å². The molecular formula is C12H25ClN2O2. The average Bonchev–Trinajstić information content (AvgIpc) is 2.25. The lowest BCUT2D eigenvalue weighted by atomic mass is 9.87. The van der Waals surface area contributed by atoms with Crippen LogP contribution in [0.25, 0.3) is 0 Å². The summed E-state index contributed by atoms with van der Waals surface area (Å²) < 4.78 is 5.76. The maximum Gasteiger partial charge on any atom is 0.236 e. The molecule has 1 fully saturated rings. The lowest BCUT2D eigenvalue weighted by Crippen LogP contribution is -2.45. The van der Waals surface area contributed by atoms with Gasteiger partial charge < -0.3 is 15.8 Å². The number of nitrogens with two attached hydrogens (primary N) is 1. The lowest BCUT2D eigenvalue weighted by Gasteiger charge is -2.34. The monoisotopic (exact) mass is 264 g/mol. The van der Waals surface area contributed by atoms with E-state index in [1.54, 1.807) is 6.92 Å². The number of halogens is 1. The molecule has 1 amide bonds. The molecule has 0 radical (unpaired) electrons. The third-order valence-electron chi connectivity index (χ3n) is 3.10. The number of amides is 1. The summed E-state index contributed by atoms with van der Waals surface area (Å²) in [5.41, 5.74) is 5.50. The molecule has 1 aliphatic heterocycles. The molecule has 1 heterocycles. The minimum Gasteiger partial charge on any atom is -0.378 e. The Labute approximate surface area is 110 Å². The van der Waals surface area contributed by atoms with Crippen molar-refractivity contribution in [1.29, 1.82) is 0 Å². The smallest absolute Gasteiger partial charge is 0.236 e. The second kappa shape index (κ2) is 7.90. The highest BCUT2D eigenvalue weighted by molar-refractivity contribution is 5.85. The first kappa shape index (κ1) is 16.7. The van der Waals surface area contributed by atoms with Crippen molar-refractivity contribution < 1.29 is 9.53 Å². The van der Waals surface area contributed by atoms with E-state index in [4.69, 9.17) is 10.5 Å². The Morgan fingerprint density at radius 2 is 2.12 bits per heavy atom. The molecule has 2 unspecified atom stereocenters. The fourth-order valence-corrected chi connectivity index (χ4v) is 2.21. The van der Waals surface area contributed by atoms with E-state index < -0.39 is 6.04 Å². The first-order chi connectivity index (χ1) is 7.52. The molecule has 1 aliphatic rings. The van der Waals surface area contributed by atoms with Gasteiger partial charge in [-0.15, -0.1) is 12.4 Å². The normalized spacial score (nSPS) is 26.2. The molecule has 0 aromatic heterocycles. The molecule has 0 aliphatic carbocycles. The van der Waals surface area contributed by atoms with Gasteiger partial charge >= 0.3 is 0 Å². The van der Waals surface area contributed by atoms with Crippen LogP contribution in [0.15, 0.2) is 0 Å². The Balaban J connectivity index is 0.00000256. The predicted molar refractivity (Wildman–Crippen MR) is 71.2 cm³/mol. The van der Waals surface area contributed by atoms with Gasteiger partial charge in [-0.1, -0.05) is 13.8 Å². The van der Waals surface area contributed by atoms with Crippen molar-refractivity contribution in [3.63, 3.8) is 0 Å². The molecule has 5 heteroatoms. The summed E-state index contributed by atoms with van der Waals surface area (Å²) in [5.74, 6) is 0.849. The first-order valence-electron chi connectivity index (χ1n) is 6.17. The molecule has 0 spiro atoms. The molecule has 102 valence electrons. The molecule has 1 saturated heterocycles. The second-order valence-electron chi connectivity index (χ2n) is 5.02. The molecule has 3 atom stereocenters. The number of nitrogens with one attached hydrogen (secondary N) is 1. The average molecular weight is 265 g/mol. The van der Waals surface area contributed by atoms with E-state index >= 15 is 0 Å². The highest BCUT2D eigenvalue weighted by Gasteiger charge is 2.28. The Hall–Kier alpha value is -0.320. The van der Waals surface area contributed by atoms with Gasteiger partial charge in [-0.3, -0.25) is 4.79 Å². The van der Waals surface area contributed by atoms with Gasteiger partial charge in [0.05, 0.1) is 12.1 Å². The summed E-state index contributed by atoms with van der Waals surface area (Å²) in [6.45, 7) is 7.56. The molecule has 0 aromatic carbocycles. The van der Waals surface area contributed by atoms with Crippen molar-refractivity contribution in [3.05, 3.63) is 0 Å². The number of hydrogen-bond donors (Lipinski definition) is 2. The van der Waals surface area contributed by atoms with Crippen LogP contribution in [0, 0.1) is 11.8 Å². The lowest BCUT2D eigenvalue weighted by molar-refractivity contribution is -0.123. The van der Waals surface area contributed by atoms with Gasteiger partial charge in [0, 0.05) is 19.1 Å². The first-order valence-corrected chi connectivity index (χ1v) is 6.17. The number of hydrogen-bond acceptors (Lipinski definition) is 3. The SMILES string of the molecule is CC(C)C1OCCCC1CNC(=O)[C@@H](C)N.Cl. The van der Waals surface area contributed by atoms with Gasteiger partial charge in [-0.05, 0) is 25.7 Å². The molecule has 4 nitrogen and oxygen atoms in total. The third kappa shape index (κ3) is 5.23. The molecule has 1 rings (SSSR count). The summed E-state index contributed by atoms with van der Waals surface area (Å²) in [4.78, 5) is 11.4. The van der Waals surface area contributed by atoms with E-state index in [-0.39, 0.29) is 24.4 Å². The van der Waals surface area contributed by atoms with Crippen LogP contribution in [0.3, 0.4) is 0 Å². The Kier molecular flexibility index (Phi) is 7.75. The highest BCUT2D eigenvalue weighted by atomic mass is 35.5. The number of carbonyl (C=O) groups excluding carboxylic acids is 1. The van der Waals surface area contributed by atoms with Crippen molar-refractivity contribution in [1.82, 2.24) is 5.32 Å². The number of ether oxygens (including phenoxy) is 1. The fraction of sp³-hybridized carbons (Fsp3) is 0.917. The minimum atomic E-state index is -0.429. The van der Waals surface area contributed by atoms with Crippen LogP contribution in [0.1, 0.15) is 33.6 Å². The second-order valence-corrected chi connectivity index (χ2v) is 5.02. The summed E-state index contributed by atoms with van der Waals surface area (Å²) in [7, 11) is 0. The van der Waals surface area contributed by atoms with Crippen LogP contribution in [-0.4, -0.2) is 31.2 Å². The molecule has 17 heavy (non-hydrogen) atoms. The fourth-order valence-electron chi connectivity index (χ4n) is 2.21. The van der Waals surface area contributed by atoms with E-state index in [0.717, 1.165) is 19.4 Å². The van der Waals surface area contributed by atoms with Gasteiger partial charge in [-0.2, -0.15) is 0 Å². The van der Waals surface area contributed by atoms with Crippen LogP contribution in [-0.2, 0) is 9.53 Å². The van der Waals surface area contributed by atoms with Crippen molar-refractivity contribution in [2.45, 2.75) is 45.8 Å². The predicted octanol–water partition coefficient (Wildman–Crippen LogP) is 1.32. The zero-order chi connectivity index (χ0) is 12.1. The van der Waals surface area contributed by atoms with E-state index in [1.165, 1.54) is 0 Å². The van der Waals surface area contributed by atoms with Gasteiger partial charge in [-0.25, -0.2) is 0 Å². The van der Waals surface area contributed by atoms with E-state index in [0.29, 0.717) is 18.4 Å². The maximum absolute atomic E-state index is 11.4. The molecule has 0 bridgehead atoms. The van der Waals surface area contributed by atoms with Gasteiger partial charge in [0.25, 0.3) is 0 Å². The zero-order valence-corrected chi connectivity index (χ0v) is 11.8. The molecule has 0 aromatic rings. The molecular weight excluding hydrogens is 240 g/mol. The van der Waals surface area contributed by atoms with E-state index in [9.17, 15) is 4.79 Å². The number of rotatable bonds is 4. The standard InChI is InChI=1S/C12H24N2O2.ClH/c1-8(2)11-10(5-4-6-16-11)7-14-12(15)9(3)13;/h8-11H,4-7,13H2,1-3H3,(H,14,15);1H/t9-,10?,11?;/m1./s1. The zero-order valence-electron chi connectivity index (χ0n) is 10.9. The van der Waals surface area contributed by atoms with Crippen LogP contribution in [0.2, 0.25) is 0 Å². The Morgan fingerprint density at radius 3 is 2.65 bits per heavy atom.